The molecule has 6 fully saturated rings. The Morgan fingerprint density at radius 2 is 1.72 bits per heavy atom. The average Bonchev–Trinajstić information content (AvgIpc) is 3.26. The van der Waals surface area contributed by atoms with Gasteiger partial charge >= 0.3 is 5.97 Å². The number of carbonyl (C=O) groups excluding carboxylic acids is 1. The minimum Gasteiger partial charge on any atom is -0.481 e. The van der Waals surface area contributed by atoms with Crippen LogP contribution in [0.15, 0.2) is 0 Å². The molecule has 0 unspecified atom stereocenters. The summed E-state index contributed by atoms with van der Waals surface area (Å²) in [5.41, 5.74) is 0.693. The molecule has 0 radical (unpaired) electrons. The van der Waals surface area contributed by atoms with Crippen molar-refractivity contribution in [3.63, 3.8) is 0 Å². The number of carboxylic acids is 1. The minimum absolute atomic E-state index is 0.134. The van der Waals surface area contributed by atoms with Gasteiger partial charge in [0.2, 0.25) is 5.91 Å². The van der Waals surface area contributed by atoms with Gasteiger partial charge in [0.25, 0.3) is 0 Å². The van der Waals surface area contributed by atoms with Crippen LogP contribution in [-0.4, -0.2) is 41.5 Å². The lowest BCUT2D eigenvalue weighted by Crippen LogP contribution is -2.56. The molecule has 4 saturated carbocycles. The highest BCUT2D eigenvalue weighted by atomic mass is 16.7. The van der Waals surface area contributed by atoms with E-state index in [0.717, 1.165) is 50.0 Å². The molecular weight excluding hydrogens is 454 g/mol. The van der Waals surface area contributed by atoms with Crippen LogP contribution < -0.4 is 5.32 Å². The van der Waals surface area contributed by atoms with Crippen molar-refractivity contribution in [3.05, 3.63) is 0 Å². The summed E-state index contributed by atoms with van der Waals surface area (Å²) in [6, 6.07) is 0.134. The molecule has 6 heteroatoms. The van der Waals surface area contributed by atoms with Gasteiger partial charge in [-0.2, -0.15) is 0 Å². The van der Waals surface area contributed by atoms with Crippen molar-refractivity contribution >= 4 is 11.9 Å². The summed E-state index contributed by atoms with van der Waals surface area (Å²) in [5, 5.41) is 12.0. The van der Waals surface area contributed by atoms with Crippen molar-refractivity contribution in [2.45, 2.75) is 116 Å². The summed E-state index contributed by atoms with van der Waals surface area (Å²) >= 11 is 0. The van der Waals surface area contributed by atoms with E-state index in [0.29, 0.717) is 40.6 Å². The van der Waals surface area contributed by atoms with Gasteiger partial charge in [0.15, 0.2) is 5.79 Å². The molecule has 1 amide bonds. The van der Waals surface area contributed by atoms with Crippen LogP contribution in [0.25, 0.3) is 0 Å². The van der Waals surface area contributed by atoms with Crippen molar-refractivity contribution in [1.82, 2.24) is 5.32 Å². The Morgan fingerprint density at radius 3 is 2.44 bits per heavy atom. The zero-order chi connectivity index (χ0) is 25.5. The lowest BCUT2D eigenvalue weighted by Gasteiger charge is -2.61. The van der Waals surface area contributed by atoms with Crippen molar-refractivity contribution in [2.75, 3.05) is 6.61 Å². The molecular formula is C30H47NO5. The summed E-state index contributed by atoms with van der Waals surface area (Å²) in [4.78, 5) is 23.0. The van der Waals surface area contributed by atoms with E-state index in [1.807, 2.05) is 0 Å². The van der Waals surface area contributed by atoms with Gasteiger partial charge in [0, 0.05) is 18.4 Å². The number of rotatable bonds is 3. The fraction of sp³-hybridized carbons (Fsp3) is 0.933. The van der Waals surface area contributed by atoms with Crippen LogP contribution in [0.4, 0.5) is 0 Å². The smallest absolute Gasteiger partial charge is 0.312 e. The number of nitrogens with one attached hydrogen (secondary N) is 1. The Bertz CT molecular complexity index is 898. The Labute approximate surface area is 216 Å². The zero-order valence-corrected chi connectivity index (χ0v) is 22.8. The van der Waals surface area contributed by atoms with Crippen LogP contribution in [0, 0.1) is 52.3 Å². The number of carbonyl (C=O) groups is 2. The minimum atomic E-state index is -1.05. The van der Waals surface area contributed by atoms with E-state index in [4.69, 9.17) is 14.6 Å². The first kappa shape index (κ1) is 25.2. The Balaban J connectivity index is 1.16. The van der Waals surface area contributed by atoms with E-state index in [9.17, 15) is 9.59 Å². The van der Waals surface area contributed by atoms with E-state index in [2.05, 4.69) is 33.0 Å². The molecule has 2 aliphatic heterocycles. The van der Waals surface area contributed by atoms with E-state index < -0.39 is 12.4 Å². The summed E-state index contributed by atoms with van der Waals surface area (Å²) < 4.78 is 13.4. The third-order valence-corrected chi connectivity index (χ3v) is 12.6. The van der Waals surface area contributed by atoms with Gasteiger partial charge in [-0.15, -0.1) is 0 Å². The number of aliphatic carboxylic acids is 1. The second kappa shape index (κ2) is 8.69. The van der Waals surface area contributed by atoms with Crippen LogP contribution in [-0.2, 0) is 19.1 Å². The number of ether oxygens (including phenoxy) is 2. The van der Waals surface area contributed by atoms with Crippen LogP contribution in [0.3, 0.4) is 0 Å². The van der Waals surface area contributed by atoms with E-state index >= 15 is 0 Å². The molecule has 0 bridgehead atoms. The molecule has 6 nitrogen and oxygen atoms in total. The summed E-state index contributed by atoms with van der Waals surface area (Å²) in [7, 11) is 0. The second-order valence-electron chi connectivity index (χ2n) is 14.3. The number of fused-ring (bicyclic) bond motifs is 7. The van der Waals surface area contributed by atoms with E-state index in [-0.39, 0.29) is 17.7 Å². The first-order valence-electron chi connectivity index (χ1n) is 14.9. The molecule has 0 aromatic heterocycles. The molecule has 6 rings (SSSR count). The number of amides is 1. The van der Waals surface area contributed by atoms with Gasteiger partial charge < -0.3 is 19.9 Å². The van der Waals surface area contributed by atoms with Crippen molar-refractivity contribution in [2.24, 2.45) is 52.3 Å². The lowest BCUT2D eigenvalue weighted by molar-refractivity contribution is -0.273. The molecule has 0 aromatic carbocycles. The Hall–Kier alpha value is -1.14. The van der Waals surface area contributed by atoms with Gasteiger partial charge in [-0.3, -0.25) is 9.59 Å². The molecule has 2 heterocycles. The maximum Gasteiger partial charge on any atom is 0.312 e. The summed E-state index contributed by atoms with van der Waals surface area (Å²) in [6.45, 7) is 10.7. The van der Waals surface area contributed by atoms with Crippen LogP contribution in [0.5, 0.6) is 0 Å². The van der Waals surface area contributed by atoms with Gasteiger partial charge in [0.1, 0.15) is 6.42 Å². The predicted octanol–water partition coefficient (Wildman–Crippen LogP) is 5.39. The standard InChI is InChI=1S/C30H47NO5/c1-17-7-12-30(35-16-17)18(2)27-24(36-30)14-23-21-6-5-19-13-20(31-25(32)15-26(33)34)8-10-28(19,3)22(21)9-11-29(23,27)4/h17-24,27H,5-16H2,1-4H3,(H,31,32)(H,33,34)/t17-,18-,19+,20-,21+,22-,23-,24-,27-,28-,29-,30+/m0/s1. The first-order valence-corrected chi connectivity index (χ1v) is 14.9. The summed E-state index contributed by atoms with van der Waals surface area (Å²) in [5.74, 6) is 2.94. The maximum atomic E-state index is 12.1. The largest absolute Gasteiger partial charge is 0.481 e. The Kier molecular flexibility index (Phi) is 6.07. The normalized spacial score (nSPS) is 53.7. The summed E-state index contributed by atoms with van der Waals surface area (Å²) in [6.07, 6.45) is 11.7. The van der Waals surface area contributed by atoms with Crippen molar-refractivity contribution in [3.8, 4) is 0 Å². The SMILES string of the molecule is C[C@H]1CC[C@@]2(OC1)O[C@H]1C[C@H]3[C@@H]4CC[C@@H]5C[C@@H](NC(=O)CC(=O)O)CC[C@]5(C)[C@H]4CC[C@]3(C)[C@H]1[C@@H]2C. The molecule has 1 spiro atoms. The van der Waals surface area contributed by atoms with Gasteiger partial charge in [-0.25, -0.2) is 0 Å². The highest BCUT2D eigenvalue weighted by molar-refractivity contribution is 5.93. The first-order chi connectivity index (χ1) is 17.1. The third-order valence-electron chi connectivity index (χ3n) is 12.6. The quantitative estimate of drug-likeness (QED) is 0.506. The highest BCUT2D eigenvalue weighted by Crippen LogP contribution is 2.71. The Morgan fingerprint density at radius 1 is 0.944 bits per heavy atom. The monoisotopic (exact) mass is 501 g/mol. The van der Waals surface area contributed by atoms with Crippen LogP contribution in [0.2, 0.25) is 0 Å². The van der Waals surface area contributed by atoms with Crippen LogP contribution in [0.1, 0.15) is 98.3 Å². The van der Waals surface area contributed by atoms with Crippen LogP contribution >= 0.6 is 0 Å². The second-order valence-corrected chi connectivity index (χ2v) is 14.3. The maximum absolute atomic E-state index is 12.1. The third kappa shape index (κ3) is 3.71. The molecule has 0 aromatic rings. The van der Waals surface area contributed by atoms with Gasteiger partial charge in [-0.05, 0) is 104 Å². The van der Waals surface area contributed by atoms with Crippen molar-refractivity contribution < 1.29 is 24.2 Å². The molecule has 202 valence electrons. The lowest BCUT2D eigenvalue weighted by atomic mass is 9.44. The van der Waals surface area contributed by atoms with Crippen molar-refractivity contribution in [1.29, 1.82) is 0 Å². The average molecular weight is 502 g/mol. The van der Waals surface area contributed by atoms with E-state index in [1.54, 1.807) is 0 Å². The van der Waals surface area contributed by atoms with E-state index in [1.165, 1.54) is 38.5 Å². The van der Waals surface area contributed by atoms with Gasteiger partial charge in [-0.1, -0.05) is 27.7 Å². The fourth-order valence-electron chi connectivity index (χ4n) is 10.8. The molecule has 4 aliphatic carbocycles. The fourth-order valence-corrected chi connectivity index (χ4v) is 10.8. The predicted molar refractivity (Wildman–Crippen MR) is 136 cm³/mol. The van der Waals surface area contributed by atoms with Gasteiger partial charge in [0.05, 0.1) is 12.7 Å². The molecule has 2 N–H and O–H groups in total. The number of carboxylic acid groups (broad SMARTS) is 1. The topological polar surface area (TPSA) is 84.9 Å². The molecule has 6 aliphatic rings. The number of hydrogen-bond acceptors (Lipinski definition) is 4. The highest BCUT2D eigenvalue weighted by Gasteiger charge is 2.69. The zero-order valence-electron chi connectivity index (χ0n) is 22.8. The molecule has 12 atom stereocenters. The molecule has 36 heavy (non-hydrogen) atoms. The number of hydrogen-bond donors (Lipinski definition) is 2. The molecule has 2 saturated heterocycles.